The third-order valence-corrected chi connectivity index (χ3v) is 5.63. The van der Waals surface area contributed by atoms with E-state index >= 15 is 0 Å². The number of benzene rings is 2. The second kappa shape index (κ2) is 8.41. The first-order valence-corrected chi connectivity index (χ1v) is 11.0. The lowest BCUT2D eigenvalue weighted by Gasteiger charge is -2.13. The van der Waals surface area contributed by atoms with E-state index in [2.05, 4.69) is 5.32 Å². The van der Waals surface area contributed by atoms with Gasteiger partial charge in [0, 0.05) is 17.4 Å². The van der Waals surface area contributed by atoms with Gasteiger partial charge in [-0.15, -0.1) is 0 Å². The molecule has 0 radical (unpaired) electrons. The average molecular weight is 430 g/mol. The van der Waals surface area contributed by atoms with E-state index in [9.17, 15) is 17.6 Å². The summed E-state index contributed by atoms with van der Waals surface area (Å²) in [5.74, 6) is -0.490. The third-order valence-electron chi connectivity index (χ3n) is 4.70. The molecule has 1 amide bonds. The van der Waals surface area contributed by atoms with E-state index in [1.165, 1.54) is 24.3 Å². The van der Waals surface area contributed by atoms with Crippen molar-refractivity contribution in [2.75, 3.05) is 0 Å². The Labute approximate surface area is 175 Å². The number of nitrogens with two attached hydrogens (primary N) is 1. The number of amides is 1. The molecule has 0 spiro atoms. The Bertz CT molecular complexity index is 1180. The molecule has 1 aromatic heterocycles. The predicted octanol–water partition coefficient (Wildman–Crippen LogP) is 3.31. The van der Waals surface area contributed by atoms with Crippen LogP contribution in [-0.4, -0.2) is 24.9 Å². The van der Waals surface area contributed by atoms with Crippen molar-refractivity contribution in [2.45, 2.75) is 38.1 Å². The van der Waals surface area contributed by atoms with Crippen molar-refractivity contribution in [1.82, 2.24) is 9.88 Å². The topological polar surface area (TPSA) is 94.2 Å². The van der Waals surface area contributed by atoms with Gasteiger partial charge in [-0.25, -0.2) is 17.9 Å². The molecular formula is C22H24FN3O3S. The van der Waals surface area contributed by atoms with E-state index in [1.807, 2.05) is 31.4 Å². The number of hydrogen-bond acceptors (Lipinski definition) is 3. The summed E-state index contributed by atoms with van der Waals surface area (Å²) < 4.78 is 38.9. The van der Waals surface area contributed by atoms with Crippen molar-refractivity contribution in [2.24, 2.45) is 5.14 Å². The summed E-state index contributed by atoms with van der Waals surface area (Å²) >= 11 is 0. The smallest absolute Gasteiger partial charge is 0.238 e. The number of primary sulfonamides is 1. The maximum atomic E-state index is 13.9. The molecule has 0 saturated carbocycles. The molecule has 30 heavy (non-hydrogen) atoms. The minimum atomic E-state index is -3.81. The van der Waals surface area contributed by atoms with Gasteiger partial charge in [-0.3, -0.25) is 4.79 Å². The van der Waals surface area contributed by atoms with E-state index in [0.717, 1.165) is 11.3 Å². The summed E-state index contributed by atoms with van der Waals surface area (Å²) in [6.45, 7) is 5.65. The molecule has 0 aliphatic carbocycles. The summed E-state index contributed by atoms with van der Waals surface area (Å²) in [6.07, 6.45) is 0.175. The van der Waals surface area contributed by atoms with Gasteiger partial charge < -0.3 is 9.88 Å². The molecule has 158 valence electrons. The Morgan fingerprint density at radius 1 is 1.13 bits per heavy atom. The molecule has 0 aliphatic rings. The molecule has 0 fully saturated rings. The van der Waals surface area contributed by atoms with Crippen LogP contribution in [0.1, 0.15) is 25.1 Å². The molecular weight excluding hydrogens is 405 g/mol. The zero-order valence-electron chi connectivity index (χ0n) is 17.0. The van der Waals surface area contributed by atoms with E-state index < -0.39 is 10.0 Å². The van der Waals surface area contributed by atoms with Crippen molar-refractivity contribution in [3.63, 3.8) is 0 Å². The fraction of sp³-hybridized carbons (Fsp3) is 0.227. The Hall–Kier alpha value is -2.97. The number of carbonyl (C=O) groups excluding carboxylic acids is 1. The molecule has 6 nitrogen and oxygen atoms in total. The van der Waals surface area contributed by atoms with Crippen LogP contribution in [0.2, 0.25) is 0 Å². The number of carbonyl (C=O) groups is 1. The summed E-state index contributed by atoms with van der Waals surface area (Å²) in [4.78, 5) is 12.3. The normalized spacial score (nSPS) is 11.7. The van der Waals surface area contributed by atoms with Crippen LogP contribution in [0.15, 0.2) is 59.5 Å². The zero-order chi connectivity index (χ0) is 22.1. The van der Waals surface area contributed by atoms with E-state index in [4.69, 9.17) is 5.14 Å². The highest BCUT2D eigenvalue weighted by Gasteiger charge is 2.18. The highest BCUT2D eigenvalue weighted by Crippen LogP contribution is 2.30. The number of sulfonamides is 1. The summed E-state index contributed by atoms with van der Waals surface area (Å²) in [6, 6.07) is 14.2. The van der Waals surface area contributed by atoms with Crippen LogP contribution in [0.4, 0.5) is 4.39 Å². The maximum absolute atomic E-state index is 13.9. The lowest BCUT2D eigenvalue weighted by Crippen LogP contribution is -2.31. The van der Waals surface area contributed by atoms with Gasteiger partial charge in [-0.05, 0) is 68.3 Å². The van der Waals surface area contributed by atoms with Gasteiger partial charge in [0.1, 0.15) is 5.82 Å². The second-order valence-corrected chi connectivity index (χ2v) is 8.99. The highest BCUT2D eigenvalue weighted by atomic mass is 32.2. The van der Waals surface area contributed by atoms with E-state index in [1.54, 1.807) is 24.3 Å². The quantitative estimate of drug-likeness (QED) is 0.629. The van der Waals surface area contributed by atoms with Gasteiger partial charge in [0.2, 0.25) is 15.9 Å². The maximum Gasteiger partial charge on any atom is 0.238 e. The number of halogens is 1. The number of rotatable bonds is 6. The SMILES string of the molecule is Cc1c(CC(=O)NC(C)C)cc(-c2ccc(S(N)(=O)=O)cc2)n1-c1cccc(F)c1. The van der Waals surface area contributed by atoms with Gasteiger partial charge in [-0.1, -0.05) is 18.2 Å². The first kappa shape index (κ1) is 21.7. The molecule has 0 bridgehead atoms. The van der Waals surface area contributed by atoms with Crippen molar-refractivity contribution >= 4 is 15.9 Å². The Morgan fingerprint density at radius 2 is 1.80 bits per heavy atom. The van der Waals surface area contributed by atoms with Crippen LogP contribution in [0.25, 0.3) is 16.9 Å². The largest absolute Gasteiger partial charge is 0.354 e. The monoisotopic (exact) mass is 429 g/mol. The molecule has 0 saturated heterocycles. The second-order valence-electron chi connectivity index (χ2n) is 7.42. The molecule has 0 atom stereocenters. The Balaban J connectivity index is 2.13. The molecule has 2 aromatic carbocycles. The molecule has 3 N–H and O–H groups in total. The Morgan fingerprint density at radius 3 is 2.37 bits per heavy atom. The number of aromatic nitrogens is 1. The molecule has 3 rings (SSSR count). The molecule has 3 aromatic rings. The van der Waals surface area contributed by atoms with Gasteiger partial charge in [-0.2, -0.15) is 0 Å². The Kier molecular flexibility index (Phi) is 6.09. The van der Waals surface area contributed by atoms with Crippen molar-refractivity contribution < 1.29 is 17.6 Å². The van der Waals surface area contributed by atoms with Gasteiger partial charge >= 0.3 is 0 Å². The molecule has 8 heteroatoms. The lowest BCUT2D eigenvalue weighted by molar-refractivity contribution is -0.120. The summed E-state index contributed by atoms with van der Waals surface area (Å²) in [5, 5.41) is 8.06. The number of nitrogens with one attached hydrogen (secondary N) is 1. The predicted molar refractivity (Wildman–Crippen MR) is 114 cm³/mol. The van der Waals surface area contributed by atoms with Gasteiger partial charge in [0.25, 0.3) is 0 Å². The standard InChI is InChI=1S/C22H24FN3O3S/c1-14(2)25-22(27)12-17-11-21(16-7-9-20(10-8-16)30(24,28)29)26(15(17)3)19-6-4-5-18(23)13-19/h4-11,13-14H,12H2,1-3H3,(H,25,27)(H2,24,28,29). The van der Waals surface area contributed by atoms with E-state index in [0.29, 0.717) is 16.9 Å². The number of hydrogen-bond donors (Lipinski definition) is 2. The zero-order valence-corrected chi connectivity index (χ0v) is 17.8. The molecule has 1 heterocycles. The first-order valence-electron chi connectivity index (χ1n) is 9.46. The van der Waals surface area contributed by atoms with Crippen molar-refractivity contribution in [3.05, 3.63) is 71.7 Å². The lowest BCUT2D eigenvalue weighted by atomic mass is 10.1. The minimum Gasteiger partial charge on any atom is -0.354 e. The van der Waals surface area contributed by atoms with Crippen LogP contribution < -0.4 is 10.5 Å². The van der Waals surface area contributed by atoms with Crippen LogP contribution in [0.5, 0.6) is 0 Å². The summed E-state index contributed by atoms with van der Waals surface area (Å²) in [7, 11) is -3.81. The van der Waals surface area contributed by atoms with Gasteiger partial charge in [0.05, 0.1) is 17.0 Å². The van der Waals surface area contributed by atoms with E-state index in [-0.39, 0.29) is 29.1 Å². The third kappa shape index (κ3) is 4.77. The summed E-state index contributed by atoms with van der Waals surface area (Å²) in [5.41, 5.74) is 3.62. The average Bonchev–Trinajstić information content (AvgIpc) is 2.96. The van der Waals surface area contributed by atoms with Crippen LogP contribution in [0.3, 0.4) is 0 Å². The molecule has 0 aliphatic heterocycles. The fourth-order valence-corrected chi connectivity index (χ4v) is 3.87. The molecule has 0 unspecified atom stereocenters. The fourth-order valence-electron chi connectivity index (χ4n) is 3.36. The van der Waals surface area contributed by atoms with Crippen molar-refractivity contribution in [1.29, 1.82) is 0 Å². The first-order chi connectivity index (χ1) is 14.1. The van der Waals surface area contributed by atoms with Crippen LogP contribution >= 0.6 is 0 Å². The van der Waals surface area contributed by atoms with Crippen LogP contribution in [0, 0.1) is 12.7 Å². The highest BCUT2D eigenvalue weighted by molar-refractivity contribution is 7.89. The van der Waals surface area contributed by atoms with Gasteiger partial charge in [0.15, 0.2) is 0 Å². The number of nitrogens with zero attached hydrogens (tertiary/aromatic N) is 1. The van der Waals surface area contributed by atoms with Crippen LogP contribution in [-0.2, 0) is 21.2 Å². The minimum absolute atomic E-state index is 0.00312. The van der Waals surface area contributed by atoms with Crippen molar-refractivity contribution in [3.8, 4) is 16.9 Å².